The highest BCUT2D eigenvalue weighted by Crippen LogP contribution is 2.25. The number of hydrogen-bond acceptors (Lipinski definition) is 6. The lowest BCUT2D eigenvalue weighted by Crippen LogP contribution is -2.21. The first-order valence-corrected chi connectivity index (χ1v) is 10.5. The first kappa shape index (κ1) is 19.6. The van der Waals surface area contributed by atoms with Crippen LogP contribution in [-0.2, 0) is 11.3 Å². The second-order valence-electron chi connectivity index (χ2n) is 5.56. The summed E-state index contributed by atoms with van der Waals surface area (Å²) in [6, 6.07) is 11.4. The number of nitrogens with zero attached hydrogens (tertiary/aromatic N) is 4. The minimum Gasteiger partial charge on any atom is -0.302 e. The quantitative estimate of drug-likeness (QED) is 0.352. The summed E-state index contributed by atoms with van der Waals surface area (Å²) in [7, 11) is 0. The van der Waals surface area contributed by atoms with Crippen LogP contribution in [0.3, 0.4) is 0 Å². The summed E-state index contributed by atoms with van der Waals surface area (Å²) < 4.78 is 1.97. The largest absolute Gasteiger partial charge is 0.302 e. The van der Waals surface area contributed by atoms with Gasteiger partial charge in [-0.05, 0) is 49.6 Å². The number of thiophene rings is 1. The van der Waals surface area contributed by atoms with E-state index >= 15 is 0 Å². The van der Waals surface area contributed by atoms with Crippen LogP contribution in [-0.4, -0.2) is 32.1 Å². The van der Waals surface area contributed by atoms with E-state index in [1.807, 2.05) is 60.2 Å². The van der Waals surface area contributed by atoms with Crippen molar-refractivity contribution in [2.45, 2.75) is 25.5 Å². The molecule has 0 spiro atoms. The number of hydrazone groups is 1. The second-order valence-corrected chi connectivity index (χ2v) is 7.88. The molecule has 140 valence electrons. The van der Waals surface area contributed by atoms with E-state index in [9.17, 15) is 4.79 Å². The van der Waals surface area contributed by atoms with Crippen molar-refractivity contribution in [2.24, 2.45) is 5.10 Å². The Kier molecular flexibility index (Phi) is 6.65. The molecule has 9 heteroatoms. The number of hydrogen-bond donors (Lipinski definition) is 1. The maximum absolute atomic E-state index is 12.1. The van der Waals surface area contributed by atoms with Crippen molar-refractivity contribution >= 4 is 46.3 Å². The van der Waals surface area contributed by atoms with Crippen LogP contribution in [0.25, 0.3) is 11.4 Å². The predicted molar refractivity (Wildman–Crippen MR) is 112 cm³/mol. The molecule has 0 aliphatic rings. The first-order chi connectivity index (χ1) is 13.1. The van der Waals surface area contributed by atoms with Gasteiger partial charge in [-0.3, -0.25) is 4.79 Å². The third kappa shape index (κ3) is 4.97. The van der Waals surface area contributed by atoms with E-state index < -0.39 is 0 Å². The van der Waals surface area contributed by atoms with E-state index in [4.69, 9.17) is 11.6 Å². The van der Waals surface area contributed by atoms with Crippen molar-refractivity contribution in [1.29, 1.82) is 0 Å². The normalized spacial score (nSPS) is 11.6. The summed E-state index contributed by atoms with van der Waals surface area (Å²) in [6.45, 7) is 4.58. The summed E-state index contributed by atoms with van der Waals surface area (Å²) in [5, 5.41) is 16.0. The third-order valence-corrected chi connectivity index (χ3v) is 5.89. The molecular weight excluding hydrogens is 402 g/mol. The van der Waals surface area contributed by atoms with Crippen molar-refractivity contribution in [3.63, 3.8) is 0 Å². The maximum atomic E-state index is 12.1. The number of thioether (sulfide) groups is 1. The molecule has 0 atom stereocenters. The van der Waals surface area contributed by atoms with Crippen LogP contribution in [0.1, 0.15) is 18.7 Å². The highest BCUT2D eigenvalue weighted by atomic mass is 35.5. The Balaban J connectivity index is 1.63. The van der Waals surface area contributed by atoms with Crippen molar-refractivity contribution < 1.29 is 4.79 Å². The van der Waals surface area contributed by atoms with Crippen LogP contribution in [0, 0.1) is 0 Å². The van der Waals surface area contributed by atoms with Crippen molar-refractivity contribution in [3.05, 3.63) is 51.7 Å². The Morgan fingerprint density at radius 2 is 2.07 bits per heavy atom. The van der Waals surface area contributed by atoms with Gasteiger partial charge in [-0.15, -0.1) is 21.5 Å². The molecule has 1 amide bonds. The first-order valence-electron chi connectivity index (χ1n) is 8.27. The van der Waals surface area contributed by atoms with Gasteiger partial charge < -0.3 is 4.57 Å². The van der Waals surface area contributed by atoms with E-state index in [1.54, 1.807) is 11.3 Å². The van der Waals surface area contributed by atoms with E-state index in [2.05, 4.69) is 20.7 Å². The molecule has 0 fully saturated rings. The Hall–Kier alpha value is -2.16. The fraction of sp³-hybridized carbons (Fsp3) is 0.222. The topological polar surface area (TPSA) is 72.2 Å². The van der Waals surface area contributed by atoms with Gasteiger partial charge >= 0.3 is 0 Å². The maximum Gasteiger partial charge on any atom is 0.250 e. The molecule has 0 bridgehead atoms. The molecule has 3 aromatic rings. The number of carbonyl (C=O) groups is 1. The fourth-order valence-corrected chi connectivity index (χ4v) is 3.94. The molecular formula is C18H18ClN5OS2. The van der Waals surface area contributed by atoms with Crippen LogP contribution in [0.5, 0.6) is 0 Å². The highest BCUT2D eigenvalue weighted by molar-refractivity contribution is 7.99. The van der Waals surface area contributed by atoms with Gasteiger partial charge in [0.2, 0.25) is 0 Å². The van der Waals surface area contributed by atoms with Gasteiger partial charge in [-0.2, -0.15) is 5.10 Å². The average Bonchev–Trinajstić information content (AvgIpc) is 3.34. The van der Waals surface area contributed by atoms with Gasteiger partial charge in [0, 0.05) is 22.0 Å². The molecule has 2 heterocycles. The van der Waals surface area contributed by atoms with E-state index in [0.29, 0.717) is 16.7 Å². The molecule has 0 saturated heterocycles. The smallest absolute Gasteiger partial charge is 0.250 e. The van der Waals surface area contributed by atoms with Gasteiger partial charge in [-0.25, -0.2) is 5.43 Å². The van der Waals surface area contributed by atoms with E-state index in [0.717, 1.165) is 22.0 Å². The summed E-state index contributed by atoms with van der Waals surface area (Å²) in [6.07, 6.45) is 0. The molecule has 2 aromatic heterocycles. The monoisotopic (exact) mass is 419 g/mol. The lowest BCUT2D eigenvalue weighted by Gasteiger charge is -2.07. The lowest BCUT2D eigenvalue weighted by molar-refractivity contribution is -0.118. The molecule has 3 rings (SSSR count). The molecule has 6 nitrogen and oxygen atoms in total. The standard InChI is InChI=1S/C18H18ClN5OS2/c1-3-24-17(13-6-8-14(19)9-7-13)22-23-18(24)27-11-16(25)21-20-12(2)15-5-4-10-26-15/h4-10H,3,11H2,1-2H3,(H,21,25). The van der Waals surface area contributed by atoms with Gasteiger partial charge in [0.15, 0.2) is 11.0 Å². The van der Waals surface area contributed by atoms with Crippen molar-refractivity contribution in [1.82, 2.24) is 20.2 Å². The zero-order valence-electron chi connectivity index (χ0n) is 14.8. The van der Waals surface area contributed by atoms with Crippen molar-refractivity contribution in [3.8, 4) is 11.4 Å². The van der Waals surface area contributed by atoms with Gasteiger partial charge in [0.05, 0.1) is 11.5 Å². The summed E-state index contributed by atoms with van der Waals surface area (Å²) in [5.74, 6) is 0.776. The zero-order chi connectivity index (χ0) is 19.2. The highest BCUT2D eigenvalue weighted by Gasteiger charge is 2.14. The number of rotatable bonds is 7. The minimum absolute atomic E-state index is 0.186. The number of halogens is 1. The second kappa shape index (κ2) is 9.16. The van der Waals surface area contributed by atoms with Gasteiger partial charge in [0.25, 0.3) is 5.91 Å². The molecule has 0 aliphatic heterocycles. The summed E-state index contributed by atoms with van der Waals surface area (Å²) >= 11 is 8.86. The van der Waals surface area contributed by atoms with Gasteiger partial charge in [0.1, 0.15) is 0 Å². The Labute approximate surface area is 170 Å². The number of nitrogens with one attached hydrogen (secondary N) is 1. The van der Waals surface area contributed by atoms with E-state index in [1.165, 1.54) is 11.8 Å². The molecule has 0 unspecified atom stereocenters. The number of benzene rings is 1. The van der Waals surface area contributed by atoms with Crippen molar-refractivity contribution in [2.75, 3.05) is 5.75 Å². The minimum atomic E-state index is -0.186. The summed E-state index contributed by atoms with van der Waals surface area (Å²) in [5.41, 5.74) is 4.30. The lowest BCUT2D eigenvalue weighted by atomic mass is 10.2. The molecule has 0 saturated carbocycles. The van der Waals surface area contributed by atoms with E-state index in [-0.39, 0.29) is 11.7 Å². The molecule has 0 aliphatic carbocycles. The molecule has 0 radical (unpaired) electrons. The van der Waals surface area contributed by atoms with Crippen LogP contribution < -0.4 is 5.43 Å². The van der Waals surface area contributed by atoms with Crippen LogP contribution in [0.2, 0.25) is 5.02 Å². The number of carbonyl (C=O) groups excluding carboxylic acids is 1. The molecule has 1 aromatic carbocycles. The Morgan fingerprint density at radius 1 is 1.30 bits per heavy atom. The molecule has 1 N–H and O–H groups in total. The Bertz CT molecular complexity index is 935. The predicted octanol–water partition coefficient (Wildman–Crippen LogP) is 4.31. The average molecular weight is 420 g/mol. The summed E-state index contributed by atoms with van der Waals surface area (Å²) in [4.78, 5) is 13.1. The van der Waals surface area contributed by atoms with Crippen LogP contribution >= 0.6 is 34.7 Å². The van der Waals surface area contributed by atoms with Gasteiger partial charge in [-0.1, -0.05) is 29.4 Å². The van der Waals surface area contributed by atoms with Crippen LogP contribution in [0.4, 0.5) is 0 Å². The third-order valence-electron chi connectivity index (χ3n) is 3.69. The SMILES string of the molecule is CCn1c(SCC(=O)NN=C(C)c2cccs2)nnc1-c1ccc(Cl)cc1. The Morgan fingerprint density at radius 3 is 2.74 bits per heavy atom. The fourth-order valence-electron chi connectivity index (χ4n) is 2.34. The number of amides is 1. The molecule has 27 heavy (non-hydrogen) atoms. The van der Waals surface area contributed by atoms with Crippen LogP contribution in [0.15, 0.2) is 52.0 Å². The zero-order valence-corrected chi connectivity index (χ0v) is 17.2. The number of aromatic nitrogens is 3.